The van der Waals surface area contributed by atoms with Gasteiger partial charge in [0, 0.05) is 31.1 Å². The zero-order valence-electron chi connectivity index (χ0n) is 23.8. The molecule has 0 aliphatic carbocycles. The SMILES string of the molecule is CC[C@H](C(=O)NC(C)(C)C)N(Cc1ccccc1C)C(=O)CCCN(c1ccc2c(c1)OCCO2)S(C)(=O)=O. The van der Waals surface area contributed by atoms with Crippen molar-refractivity contribution >= 4 is 27.5 Å². The van der Waals surface area contributed by atoms with E-state index in [2.05, 4.69) is 5.32 Å². The third-order valence-corrected chi connectivity index (χ3v) is 7.65. The van der Waals surface area contributed by atoms with Crippen LogP contribution in [0.1, 0.15) is 58.1 Å². The maximum atomic E-state index is 13.6. The van der Waals surface area contributed by atoms with Gasteiger partial charge in [0.2, 0.25) is 21.8 Å². The van der Waals surface area contributed by atoms with Crippen molar-refractivity contribution in [3.8, 4) is 11.5 Å². The molecule has 2 aromatic carbocycles. The van der Waals surface area contributed by atoms with Crippen LogP contribution in [0, 0.1) is 6.92 Å². The first-order valence-corrected chi connectivity index (χ1v) is 15.2. The Kier molecular flexibility index (Phi) is 9.88. The van der Waals surface area contributed by atoms with Gasteiger partial charge in [0.1, 0.15) is 19.3 Å². The summed E-state index contributed by atoms with van der Waals surface area (Å²) in [6, 6.07) is 12.1. The van der Waals surface area contributed by atoms with Crippen molar-refractivity contribution in [2.75, 3.05) is 30.3 Å². The van der Waals surface area contributed by atoms with Gasteiger partial charge in [-0.25, -0.2) is 8.42 Å². The lowest BCUT2D eigenvalue weighted by Gasteiger charge is -2.33. The van der Waals surface area contributed by atoms with Gasteiger partial charge in [-0.1, -0.05) is 31.2 Å². The number of benzene rings is 2. The predicted molar refractivity (Wildman–Crippen MR) is 153 cm³/mol. The molecule has 0 saturated carbocycles. The van der Waals surface area contributed by atoms with Gasteiger partial charge in [0.05, 0.1) is 11.9 Å². The van der Waals surface area contributed by atoms with Gasteiger partial charge in [0.25, 0.3) is 0 Å². The van der Waals surface area contributed by atoms with E-state index in [1.807, 2.05) is 58.9 Å². The number of hydrogen-bond donors (Lipinski definition) is 1. The summed E-state index contributed by atoms with van der Waals surface area (Å²) in [5.74, 6) is 0.647. The van der Waals surface area contributed by atoms with Crippen molar-refractivity contribution in [1.29, 1.82) is 0 Å². The molecule has 1 atom stereocenters. The summed E-state index contributed by atoms with van der Waals surface area (Å²) in [5.41, 5.74) is 1.99. The van der Waals surface area contributed by atoms with Crippen LogP contribution in [0.5, 0.6) is 11.5 Å². The van der Waals surface area contributed by atoms with Gasteiger partial charge < -0.3 is 19.7 Å². The van der Waals surface area contributed by atoms with E-state index in [-0.39, 0.29) is 31.2 Å². The Balaban J connectivity index is 1.79. The average Bonchev–Trinajstić information content (AvgIpc) is 2.85. The van der Waals surface area contributed by atoms with Crippen LogP contribution < -0.4 is 19.1 Å². The maximum Gasteiger partial charge on any atom is 0.243 e. The van der Waals surface area contributed by atoms with Crippen molar-refractivity contribution in [3.63, 3.8) is 0 Å². The van der Waals surface area contributed by atoms with Gasteiger partial charge in [-0.05, 0) is 63.8 Å². The highest BCUT2D eigenvalue weighted by Crippen LogP contribution is 2.34. The van der Waals surface area contributed by atoms with E-state index < -0.39 is 21.6 Å². The van der Waals surface area contributed by atoms with Gasteiger partial charge in [0.15, 0.2) is 11.5 Å². The first kappa shape index (κ1) is 30.3. The molecule has 214 valence electrons. The van der Waals surface area contributed by atoms with Crippen molar-refractivity contribution < 1.29 is 27.5 Å². The Bertz CT molecular complexity index is 1270. The molecule has 10 heteroatoms. The maximum absolute atomic E-state index is 13.6. The predicted octanol–water partition coefficient (Wildman–Crippen LogP) is 4.03. The normalized spacial score (nSPS) is 13.9. The average molecular weight is 560 g/mol. The number of fused-ring (bicyclic) bond motifs is 1. The Labute approximate surface area is 232 Å². The molecule has 1 N–H and O–H groups in total. The van der Waals surface area contributed by atoms with E-state index >= 15 is 0 Å². The number of nitrogens with one attached hydrogen (secondary N) is 1. The number of ether oxygens (including phenoxy) is 2. The minimum absolute atomic E-state index is 0.0851. The van der Waals surface area contributed by atoms with Crippen molar-refractivity contribution in [3.05, 3.63) is 53.6 Å². The Morgan fingerprint density at radius 3 is 2.33 bits per heavy atom. The summed E-state index contributed by atoms with van der Waals surface area (Å²) in [6.45, 7) is 10.8. The van der Waals surface area contributed by atoms with Crippen LogP contribution in [-0.4, -0.2) is 62.7 Å². The number of aryl methyl sites for hydroxylation is 1. The van der Waals surface area contributed by atoms with Crippen LogP contribution in [0.15, 0.2) is 42.5 Å². The summed E-state index contributed by atoms with van der Waals surface area (Å²) in [7, 11) is -3.62. The summed E-state index contributed by atoms with van der Waals surface area (Å²) in [6.07, 6.45) is 1.95. The molecule has 0 unspecified atom stereocenters. The number of amides is 2. The number of rotatable bonds is 11. The lowest BCUT2D eigenvalue weighted by molar-refractivity contribution is -0.142. The smallest absolute Gasteiger partial charge is 0.243 e. The van der Waals surface area contributed by atoms with Crippen molar-refractivity contribution in [1.82, 2.24) is 10.2 Å². The van der Waals surface area contributed by atoms with Crippen LogP contribution in [0.4, 0.5) is 5.69 Å². The molecule has 0 aromatic heterocycles. The summed E-state index contributed by atoms with van der Waals surface area (Å²) < 4.78 is 37.8. The molecule has 0 saturated heterocycles. The lowest BCUT2D eigenvalue weighted by atomic mass is 10.0. The molecule has 1 aliphatic heterocycles. The molecule has 0 radical (unpaired) electrons. The van der Waals surface area contributed by atoms with E-state index in [1.54, 1.807) is 23.1 Å². The van der Waals surface area contributed by atoms with Crippen molar-refractivity contribution in [2.45, 2.75) is 72.0 Å². The van der Waals surface area contributed by atoms with Gasteiger partial charge in [-0.2, -0.15) is 0 Å². The Hall–Kier alpha value is -3.27. The van der Waals surface area contributed by atoms with Gasteiger partial charge >= 0.3 is 0 Å². The second-order valence-electron chi connectivity index (χ2n) is 10.9. The lowest BCUT2D eigenvalue weighted by Crippen LogP contribution is -2.53. The topological polar surface area (TPSA) is 105 Å². The van der Waals surface area contributed by atoms with Crippen LogP contribution in [-0.2, 0) is 26.2 Å². The highest BCUT2D eigenvalue weighted by molar-refractivity contribution is 7.92. The van der Waals surface area contributed by atoms with E-state index in [0.717, 1.165) is 17.4 Å². The van der Waals surface area contributed by atoms with Gasteiger partial charge in [-0.3, -0.25) is 13.9 Å². The molecule has 0 fully saturated rings. The molecule has 3 rings (SSSR count). The molecule has 1 aliphatic rings. The molecule has 39 heavy (non-hydrogen) atoms. The first-order chi connectivity index (χ1) is 18.3. The number of sulfonamides is 1. The summed E-state index contributed by atoms with van der Waals surface area (Å²) in [4.78, 5) is 28.5. The number of nitrogens with zero attached hydrogens (tertiary/aromatic N) is 2. The summed E-state index contributed by atoms with van der Waals surface area (Å²) in [5, 5.41) is 3.00. The zero-order chi connectivity index (χ0) is 28.8. The fourth-order valence-corrected chi connectivity index (χ4v) is 5.49. The summed E-state index contributed by atoms with van der Waals surface area (Å²) >= 11 is 0. The van der Waals surface area contributed by atoms with Crippen LogP contribution in [0.3, 0.4) is 0 Å². The molecule has 2 aromatic rings. The number of anilines is 1. The van der Waals surface area contributed by atoms with E-state index in [0.29, 0.717) is 43.4 Å². The Morgan fingerprint density at radius 2 is 1.72 bits per heavy atom. The molecule has 0 spiro atoms. The fourth-order valence-electron chi connectivity index (χ4n) is 4.53. The highest BCUT2D eigenvalue weighted by atomic mass is 32.2. The molecule has 9 nitrogen and oxygen atoms in total. The fraction of sp³-hybridized carbons (Fsp3) is 0.517. The molecular weight excluding hydrogens is 518 g/mol. The second-order valence-corrected chi connectivity index (χ2v) is 12.8. The number of hydrogen-bond acceptors (Lipinski definition) is 6. The van der Waals surface area contributed by atoms with Crippen LogP contribution in [0.25, 0.3) is 0 Å². The highest BCUT2D eigenvalue weighted by Gasteiger charge is 2.31. The number of carbonyl (C=O) groups is 2. The van der Waals surface area contributed by atoms with E-state index in [9.17, 15) is 18.0 Å². The second kappa shape index (κ2) is 12.7. The van der Waals surface area contributed by atoms with Crippen molar-refractivity contribution in [2.24, 2.45) is 0 Å². The Morgan fingerprint density at radius 1 is 1.05 bits per heavy atom. The molecular formula is C29H41N3O6S. The largest absolute Gasteiger partial charge is 0.486 e. The van der Waals surface area contributed by atoms with Gasteiger partial charge in [-0.15, -0.1) is 0 Å². The van der Waals surface area contributed by atoms with Crippen LogP contribution in [0.2, 0.25) is 0 Å². The van der Waals surface area contributed by atoms with Crippen LogP contribution >= 0.6 is 0 Å². The molecule has 0 bridgehead atoms. The molecule has 2 amide bonds. The monoisotopic (exact) mass is 559 g/mol. The third-order valence-electron chi connectivity index (χ3n) is 6.45. The third kappa shape index (κ3) is 8.36. The standard InChI is InChI=1S/C29H41N3O6S/c1-7-24(28(34)30-29(3,4)5)31(20-22-12-9-8-11-21(22)2)27(33)13-10-16-32(39(6,35)36)23-14-15-25-26(19-23)38-18-17-37-25/h8-9,11-12,14-15,19,24H,7,10,13,16-18,20H2,1-6H3,(H,30,34)/t24-/m1/s1. The minimum atomic E-state index is -3.62. The van der Waals surface area contributed by atoms with E-state index in [4.69, 9.17) is 9.47 Å². The molecule has 1 heterocycles. The minimum Gasteiger partial charge on any atom is -0.486 e. The van der Waals surface area contributed by atoms with E-state index in [1.165, 1.54) is 4.31 Å². The zero-order valence-corrected chi connectivity index (χ0v) is 24.6. The quantitative estimate of drug-likeness (QED) is 0.446. The first-order valence-electron chi connectivity index (χ1n) is 13.3. The number of carbonyl (C=O) groups excluding carboxylic acids is 2.